The van der Waals surface area contributed by atoms with Gasteiger partial charge in [0, 0.05) is 33.7 Å². The summed E-state index contributed by atoms with van der Waals surface area (Å²) in [6.45, 7) is 18.7. The third-order valence-electron chi connectivity index (χ3n) is 7.03. The minimum absolute atomic E-state index is 0.0631. The zero-order valence-electron chi connectivity index (χ0n) is 21.1. The third kappa shape index (κ3) is 4.72. The average Bonchev–Trinajstić information content (AvgIpc) is 3.09. The van der Waals surface area contributed by atoms with E-state index in [2.05, 4.69) is 82.2 Å². The number of nitrogens with zero attached hydrogens (tertiary/aromatic N) is 6. The van der Waals surface area contributed by atoms with E-state index in [4.69, 9.17) is 9.98 Å². The standard InChI is InChI=1S/C24H46N6/c1-10-29-17-18(30(11-2)22(29)25-23(3,4)5)16-24(6,7)26-21-27(8)19-14-12-13-15-20(19)28(21)9/h18-20H,10-17H2,1-9H3/b25-22+/t18?,19-,20-/m1/s1. The van der Waals surface area contributed by atoms with Crippen molar-refractivity contribution in [3.63, 3.8) is 0 Å². The molecule has 1 unspecified atom stereocenters. The third-order valence-corrected chi connectivity index (χ3v) is 7.03. The summed E-state index contributed by atoms with van der Waals surface area (Å²) in [7, 11) is 4.50. The summed E-state index contributed by atoms with van der Waals surface area (Å²) in [5, 5.41) is 0. The van der Waals surface area contributed by atoms with E-state index in [-0.39, 0.29) is 11.1 Å². The van der Waals surface area contributed by atoms with Gasteiger partial charge in [-0.15, -0.1) is 0 Å². The number of hydrogen-bond donors (Lipinski definition) is 0. The molecule has 3 atom stereocenters. The molecule has 0 radical (unpaired) electrons. The van der Waals surface area contributed by atoms with E-state index in [1.807, 2.05) is 0 Å². The second kappa shape index (κ2) is 8.58. The topological polar surface area (TPSA) is 37.7 Å². The van der Waals surface area contributed by atoms with E-state index in [0.717, 1.165) is 26.1 Å². The van der Waals surface area contributed by atoms with Gasteiger partial charge in [0.15, 0.2) is 11.9 Å². The van der Waals surface area contributed by atoms with Crippen molar-refractivity contribution in [1.29, 1.82) is 0 Å². The molecule has 6 nitrogen and oxygen atoms in total. The Morgan fingerprint density at radius 1 is 0.833 bits per heavy atom. The second-order valence-corrected chi connectivity index (χ2v) is 11.1. The molecule has 0 aromatic rings. The summed E-state index contributed by atoms with van der Waals surface area (Å²) < 4.78 is 0. The van der Waals surface area contributed by atoms with Gasteiger partial charge in [-0.3, -0.25) is 0 Å². The number of hydrogen-bond acceptors (Lipinski definition) is 2. The Balaban J connectivity index is 1.80. The van der Waals surface area contributed by atoms with Crippen LogP contribution in [0.25, 0.3) is 0 Å². The highest BCUT2D eigenvalue weighted by molar-refractivity contribution is 5.84. The van der Waals surface area contributed by atoms with Crippen molar-refractivity contribution in [2.45, 2.75) is 110 Å². The lowest BCUT2D eigenvalue weighted by Gasteiger charge is -2.32. The molecule has 0 aromatic heterocycles. The summed E-state index contributed by atoms with van der Waals surface area (Å²) in [4.78, 5) is 20.3. The van der Waals surface area contributed by atoms with Gasteiger partial charge in [0.25, 0.3) is 0 Å². The normalized spacial score (nSPS) is 29.3. The summed E-state index contributed by atoms with van der Waals surface area (Å²) in [5.41, 5.74) is -0.174. The van der Waals surface area contributed by atoms with Crippen molar-refractivity contribution in [2.75, 3.05) is 33.7 Å². The van der Waals surface area contributed by atoms with Crippen LogP contribution in [-0.4, -0.2) is 94.5 Å². The van der Waals surface area contributed by atoms with Crippen LogP contribution in [0.5, 0.6) is 0 Å². The summed E-state index contributed by atoms with van der Waals surface area (Å²) in [6, 6.07) is 1.73. The van der Waals surface area contributed by atoms with E-state index < -0.39 is 0 Å². The second-order valence-electron chi connectivity index (χ2n) is 11.1. The molecular formula is C24H46N6. The van der Waals surface area contributed by atoms with E-state index in [1.165, 1.54) is 37.6 Å². The van der Waals surface area contributed by atoms with Crippen LogP contribution in [0.1, 0.15) is 80.6 Å². The van der Waals surface area contributed by atoms with Gasteiger partial charge >= 0.3 is 0 Å². The molecule has 0 aromatic carbocycles. The maximum Gasteiger partial charge on any atom is 0.197 e. The van der Waals surface area contributed by atoms with Gasteiger partial charge in [0.2, 0.25) is 0 Å². The SMILES string of the molecule is CCN1CC(CC(C)(C)N=C2N(C)[C@@H]3CCCC[C@H]3N2C)N(CC)/C1=N/C(C)(C)C. The maximum atomic E-state index is 5.36. The van der Waals surface area contributed by atoms with Crippen LogP contribution in [0.4, 0.5) is 0 Å². The quantitative estimate of drug-likeness (QED) is 0.679. The van der Waals surface area contributed by atoms with Gasteiger partial charge < -0.3 is 19.6 Å². The van der Waals surface area contributed by atoms with E-state index >= 15 is 0 Å². The lowest BCUT2D eigenvalue weighted by Crippen LogP contribution is -2.41. The van der Waals surface area contributed by atoms with Gasteiger partial charge in [-0.1, -0.05) is 12.8 Å². The van der Waals surface area contributed by atoms with Gasteiger partial charge in [-0.05, 0) is 67.7 Å². The fourth-order valence-electron chi connectivity index (χ4n) is 5.65. The first-order valence-corrected chi connectivity index (χ1v) is 12.1. The zero-order valence-corrected chi connectivity index (χ0v) is 21.1. The Labute approximate surface area is 185 Å². The number of guanidine groups is 2. The van der Waals surface area contributed by atoms with Gasteiger partial charge in [-0.2, -0.15) is 0 Å². The molecular weight excluding hydrogens is 372 g/mol. The van der Waals surface area contributed by atoms with E-state index in [0.29, 0.717) is 18.1 Å². The zero-order chi connectivity index (χ0) is 22.3. The van der Waals surface area contributed by atoms with Crippen LogP contribution >= 0.6 is 0 Å². The predicted molar refractivity (Wildman–Crippen MR) is 128 cm³/mol. The highest BCUT2D eigenvalue weighted by atomic mass is 15.5. The Morgan fingerprint density at radius 2 is 1.40 bits per heavy atom. The number of aliphatic imine (C=N–C) groups is 2. The Hall–Kier alpha value is -1.46. The van der Waals surface area contributed by atoms with Gasteiger partial charge in [-0.25, -0.2) is 9.98 Å². The van der Waals surface area contributed by atoms with Crippen molar-refractivity contribution in [2.24, 2.45) is 9.98 Å². The lowest BCUT2D eigenvalue weighted by molar-refractivity contribution is 0.233. The lowest BCUT2D eigenvalue weighted by atomic mass is 9.91. The first-order valence-electron chi connectivity index (χ1n) is 12.1. The molecule has 6 heteroatoms. The molecule has 1 saturated carbocycles. The van der Waals surface area contributed by atoms with Crippen molar-refractivity contribution < 1.29 is 0 Å². The summed E-state index contributed by atoms with van der Waals surface area (Å²) in [6.07, 6.45) is 6.35. The van der Waals surface area contributed by atoms with Crippen molar-refractivity contribution in [3.8, 4) is 0 Å². The Bertz CT molecular complexity index is 641. The predicted octanol–water partition coefficient (Wildman–Crippen LogP) is 3.88. The molecule has 1 aliphatic carbocycles. The smallest absolute Gasteiger partial charge is 0.197 e. The van der Waals surface area contributed by atoms with Crippen LogP contribution in [-0.2, 0) is 0 Å². The molecule has 0 N–H and O–H groups in total. The monoisotopic (exact) mass is 418 g/mol. The first kappa shape index (κ1) is 23.2. The molecule has 172 valence electrons. The molecule has 30 heavy (non-hydrogen) atoms. The first-order chi connectivity index (χ1) is 14.0. The average molecular weight is 419 g/mol. The number of fused-ring (bicyclic) bond motifs is 1. The molecule has 2 saturated heterocycles. The summed E-state index contributed by atoms with van der Waals surface area (Å²) >= 11 is 0. The fraction of sp³-hybridized carbons (Fsp3) is 0.917. The fourth-order valence-corrected chi connectivity index (χ4v) is 5.65. The Morgan fingerprint density at radius 3 is 1.87 bits per heavy atom. The van der Waals surface area contributed by atoms with Crippen molar-refractivity contribution in [1.82, 2.24) is 19.6 Å². The van der Waals surface area contributed by atoms with Crippen LogP contribution in [0, 0.1) is 0 Å². The van der Waals surface area contributed by atoms with E-state index in [1.54, 1.807) is 0 Å². The van der Waals surface area contributed by atoms with Crippen molar-refractivity contribution >= 4 is 11.9 Å². The van der Waals surface area contributed by atoms with Crippen LogP contribution in [0.15, 0.2) is 9.98 Å². The highest BCUT2D eigenvalue weighted by Crippen LogP contribution is 2.34. The minimum Gasteiger partial charge on any atom is -0.341 e. The highest BCUT2D eigenvalue weighted by Gasteiger charge is 2.43. The van der Waals surface area contributed by atoms with Crippen LogP contribution in [0.3, 0.4) is 0 Å². The molecule has 3 fully saturated rings. The number of rotatable bonds is 5. The molecule has 2 heterocycles. The van der Waals surface area contributed by atoms with Gasteiger partial charge in [0.05, 0.1) is 29.2 Å². The number of likely N-dealkylation sites (N-methyl/N-ethyl adjacent to an activating group) is 4. The minimum atomic E-state index is -0.111. The van der Waals surface area contributed by atoms with Crippen LogP contribution in [0.2, 0.25) is 0 Å². The Kier molecular flexibility index (Phi) is 6.64. The summed E-state index contributed by atoms with van der Waals surface area (Å²) in [5.74, 6) is 2.36. The maximum absolute atomic E-state index is 5.36. The van der Waals surface area contributed by atoms with E-state index in [9.17, 15) is 0 Å². The molecule has 0 spiro atoms. The molecule has 0 amide bonds. The molecule has 3 rings (SSSR count). The molecule has 0 bridgehead atoms. The van der Waals surface area contributed by atoms with Gasteiger partial charge in [0.1, 0.15) is 0 Å². The van der Waals surface area contributed by atoms with Crippen LogP contribution < -0.4 is 0 Å². The molecule has 2 aliphatic heterocycles. The largest absolute Gasteiger partial charge is 0.341 e. The van der Waals surface area contributed by atoms with Crippen molar-refractivity contribution in [3.05, 3.63) is 0 Å². The molecule has 3 aliphatic rings.